The Morgan fingerprint density at radius 3 is 2.65 bits per heavy atom. The standard InChI is InChI=1S/C22H22N4O5/c1-30-12-4-11-25-21(14-7-9-17(31-2)10-8-14)18-19(23-24-20(18)22(25)27)15-5-3-6-16(13-15)26(28)29/h3,5-10,13,21H,4,11-12H2,1-2H3,(H,23,24). The molecule has 31 heavy (non-hydrogen) atoms. The van der Waals surface area contributed by atoms with Gasteiger partial charge in [-0.25, -0.2) is 0 Å². The fourth-order valence-electron chi connectivity index (χ4n) is 3.93. The first-order valence-corrected chi connectivity index (χ1v) is 9.82. The summed E-state index contributed by atoms with van der Waals surface area (Å²) < 4.78 is 10.4. The molecule has 0 aliphatic carbocycles. The molecule has 1 unspecified atom stereocenters. The van der Waals surface area contributed by atoms with Crippen molar-refractivity contribution in [3.63, 3.8) is 0 Å². The van der Waals surface area contributed by atoms with E-state index in [-0.39, 0.29) is 17.6 Å². The average Bonchev–Trinajstić information content (AvgIpc) is 3.33. The van der Waals surface area contributed by atoms with Gasteiger partial charge in [-0.2, -0.15) is 5.10 Å². The van der Waals surface area contributed by atoms with E-state index in [9.17, 15) is 14.9 Å². The van der Waals surface area contributed by atoms with Gasteiger partial charge in [0.1, 0.15) is 11.4 Å². The predicted molar refractivity (Wildman–Crippen MR) is 113 cm³/mol. The fourth-order valence-corrected chi connectivity index (χ4v) is 3.93. The largest absolute Gasteiger partial charge is 0.497 e. The molecule has 1 amide bonds. The highest BCUT2D eigenvalue weighted by molar-refractivity contribution is 6.00. The van der Waals surface area contributed by atoms with Crippen molar-refractivity contribution in [2.45, 2.75) is 12.5 Å². The maximum absolute atomic E-state index is 13.2. The summed E-state index contributed by atoms with van der Waals surface area (Å²) in [4.78, 5) is 25.8. The molecule has 0 radical (unpaired) electrons. The summed E-state index contributed by atoms with van der Waals surface area (Å²) in [6, 6.07) is 13.4. The predicted octanol–water partition coefficient (Wildman–Crippen LogP) is 3.58. The Labute approximate surface area is 178 Å². The van der Waals surface area contributed by atoms with Crippen molar-refractivity contribution in [2.24, 2.45) is 0 Å². The van der Waals surface area contributed by atoms with Gasteiger partial charge in [0.25, 0.3) is 11.6 Å². The number of nitro groups is 1. The number of rotatable bonds is 8. The molecule has 9 nitrogen and oxygen atoms in total. The number of nitro benzene ring substituents is 1. The van der Waals surface area contributed by atoms with Crippen LogP contribution >= 0.6 is 0 Å². The lowest BCUT2D eigenvalue weighted by atomic mass is 9.96. The van der Waals surface area contributed by atoms with Gasteiger partial charge in [0.15, 0.2) is 0 Å². The maximum Gasteiger partial charge on any atom is 0.273 e. The van der Waals surface area contributed by atoms with Crippen LogP contribution in [-0.2, 0) is 4.74 Å². The number of hydrogen-bond acceptors (Lipinski definition) is 6. The highest BCUT2D eigenvalue weighted by Crippen LogP contribution is 2.43. The second kappa shape index (κ2) is 8.57. The summed E-state index contributed by atoms with van der Waals surface area (Å²) in [6.07, 6.45) is 0.679. The number of carbonyl (C=O) groups excluding carboxylic acids is 1. The van der Waals surface area contributed by atoms with E-state index < -0.39 is 4.92 Å². The van der Waals surface area contributed by atoms with Crippen LogP contribution in [-0.4, -0.2) is 53.3 Å². The van der Waals surface area contributed by atoms with Crippen molar-refractivity contribution in [3.05, 3.63) is 75.5 Å². The van der Waals surface area contributed by atoms with E-state index in [2.05, 4.69) is 10.2 Å². The van der Waals surface area contributed by atoms with Crippen LogP contribution in [0.1, 0.15) is 34.1 Å². The van der Waals surface area contributed by atoms with E-state index in [0.717, 1.165) is 5.56 Å². The van der Waals surface area contributed by atoms with Crippen LogP contribution in [0.2, 0.25) is 0 Å². The SMILES string of the molecule is COCCCN1C(=O)c2[nH]nc(-c3cccc([N+](=O)[O-])c3)c2C1c1ccc(OC)cc1. The first-order valence-electron chi connectivity index (χ1n) is 9.82. The third-order valence-corrected chi connectivity index (χ3v) is 5.37. The molecular weight excluding hydrogens is 400 g/mol. The third kappa shape index (κ3) is 3.75. The second-order valence-electron chi connectivity index (χ2n) is 7.19. The summed E-state index contributed by atoms with van der Waals surface area (Å²) in [6.45, 7) is 1.03. The van der Waals surface area contributed by atoms with E-state index in [1.807, 2.05) is 24.3 Å². The van der Waals surface area contributed by atoms with Gasteiger partial charge in [0, 0.05) is 43.5 Å². The third-order valence-electron chi connectivity index (χ3n) is 5.37. The van der Waals surface area contributed by atoms with Crippen LogP contribution in [0.5, 0.6) is 5.75 Å². The number of amides is 1. The Morgan fingerprint density at radius 1 is 1.19 bits per heavy atom. The van der Waals surface area contributed by atoms with Crippen molar-refractivity contribution >= 4 is 11.6 Å². The minimum atomic E-state index is -0.445. The number of benzene rings is 2. The van der Waals surface area contributed by atoms with Crippen LogP contribution in [0.4, 0.5) is 5.69 Å². The van der Waals surface area contributed by atoms with E-state index in [0.29, 0.717) is 47.8 Å². The quantitative estimate of drug-likeness (QED) is 0.337. The van der Waals surface area contributed by atoms with Gasteiger partial charge in [-0.1, -0.05) is 24.3 Å². The Morgan fingerprint density at radius 2 is 1.97 bits per heavy atom. The molecule has 0 fully saturated rings. The molecule has 1 aliphatic heterocycles. The molecule has 0 saturated heterocycles. The number of nitrogens with zero attached hydrogens (tertiary/aromatic N) is 3. The topological polar surface area (TPSA) is 111 Å². The van der Waals surface area contributed by atoms with Crippen molar-refractivity contribution in [3.8, 4) is 17.0 Å². The van der Waals surface area contributed by atoms with Crippen LogP contribution in [0.25, 0.3) is 11.3 Å². The highest BCUT2D eigenvalue weighted by Gasteiger charge is 2.42. The molecule has 9 heteroatoms. The summed E-state index contributed by atoms with van der Waals surface area (Å²) in [7, 11) is 3.22. The van der Waals surface area contributed by atoms with Gasteiger partial charge < -0.3 is 14.4 Å². The molecule has 4 rings (SSSR count). The molecule has 0 spiro atoms. The Hall–Kier alpha value is -3.72. The van der Waals surface area contributed by atoms with E-state index >= 15 is 0 Å². The summed E-state index contributed by atoms with van der Waals surface area (Å²) in [5.41, 5.74) is 3.10. The molecule has 1 atom stereocenters. The molecule has 1 aromatic heterocycles. The van der Waals surface area contributed by atoms with Crippen molar-refractivity contribution in [2.75, 3.05) is 27.4 Å². The number of hydrogen-bond donors (Lipinski definition) is 1. The zero-order valence-corrected chi connectivity index (χ0v) is 17.2. The number of fused-ring (bicyclic) bond motifs is 1. The molecule has 2 aromatic carbocycles. The van der Waals surface area contributed by atoms with Gasteiger partial charge in [-0.05, 0) is 24.1 Å². The van der Waals surface area contributed by atoms with Crippen molar-refractivity contribution < 1.29 is 19.2 Å². The minimum absolute atomic E-state index is 0.0310. The minimum Gasteiger partial charge on any atom is -0.497 e. The van der Waals surface area contributed by atoms with Crippen molar-refractivity contribution in [1.82, 2.24) is 15.1 Å². The monoisotopic (exact) mass is 422 g/mol. The van der Waals surface area contributed by atoms with Gasteiger partial charge in [0.2, 0.25) is 0 Å². The molecule has 0 saturated carbocycles. The first-order chi connectivity index (χ1) is 15.0. The Bertz CT molecular complexity index is 1110. The number of nitrogens with one attached hydrogen (secondary N) is 1. The average molecular weight is 422 g/mol. The summed E-state index contributed by atoms with van der Waals surface area (Å²) in [5.74, 6) is 0.557. The Kier molecular flexibility index (Phi) is 5.68. The lowest BCUT2D eigenvalue weighted by Gasteiger charge is -2.26. The Balaban J connectivity index is 1.81. The number of aromatic amines is 1. The molecule has 1 N–H and O–H groups in total. The van der Waals surface area contributed by atoms with Crippen LogP contribution in [0.15, 0.2) is 48.5 Å². The van der Waals surface area contributed by atoms with Gasteiger partial charge in [-0.15, -0.1) is 0 Å². The smallest absolute Gasteiger partial charge is 0.273 e. The highest BCUT2D eigenvalue weighted by atomic mass is 16.6. The number of non-ortho nitro benzene ring substituents is 1. The van der Waals surface area contributed by atoms with E-state index in [1.165, 1.54) is 12.1 Å². The first kappa shape index (κ1) is 20.5. The zero-order chi connectivity index (χ0) is 22.0. The number of ether oxygens (including phenoxy) is 2. The summed E-state index contributed by atoms with van der Waals surface area (Å²) >= 11 is 0. The zero-order valence-electron chi connectivity index (χ0n) is 17.2. The molecule has 1 aliphatic rings. The summed E-state index contributed by atoms with van der Waals surface area (Å²) in [5, 5.41) is 18.5. The lowest BCUT2D eigenvalue weighted by Crippen LogP contribution is -2.31. The van der Waals surface area contributed by atoms with Gasteiger partial charge in [0.05, 0.1) is 23.8 Å². The lowest BCUT2D eigenvalue weighted by molar-refractivity contribution is -0.384. The van der Waals surface area contributed by atoms with Gasteiger partial charge in [-0.3, -0.25) is 20.0 Å². The van der Waals surface area contributed by atoms with Crippen LogP contribution in [0.3, 0.4) is 0 Å². The fraction of sp³-hybridized carbons (Fsp3) is 0.273. The van der Waals surface area contributed by atoms with Crippen LogP contribution < -0.4 is 4.74 Å². The normalized spacial score (nSPS) is 15.2. The molecule has 160 valence electrons. The number of methoxy groups -OCH3 is 2. The second-order valence-corrected chi connectivity index (χ2v) is 7.19. The van der Waals surface area contributed by atoms with Crippen molar-refractivity contribution in [1.29, 1.82) is 0 Å². The maximum atomic E-state index is 13.2. The molecular formula is C22H22N4O5. The molecule has 3 aromatic rings. The number of aromatic nitrogens is 2. The number of H-pyrrole nitrogens is 1. The van der Waals surface area contributed by atoms with E-state index in [4.69, 9.17) is 9.47 Å². The molecule has 2 heterocycles. The van der Waals surface area contributed by atoms with Crippen LogP contribution in [0, 0.1) is 10.1 Å². The van der Waals surface area contributed by atoms with Gasteiger partial charge >= 0.3 is 0 Å². The molecule has 0 bridgehead atoms. The number of carbonyl (C=O) groups is 1. The van der Waals surface area contributed by atoms with E-state index in [1.54, 1.807) is 31.3 Å².